The summed E-state index contributed by atoms with van der Waals surface area (Å²) in [6, 6.07) is 16.9. The number of anilines is 1. The Morgan fingerprint density at radius 1 is 1.10 bits per heavy atom. The standard InChI is InChI=1S/C24H27FN4O/c1-18-23(16-26-29(18)17-19-6-4-3-5-7-19)24(30)27(2)21-12-14-28(15-13-21)22-10-8-20(25)9-11-22/h3-11,16,21H,12-15,17H2,1-2H3. The van der Waals surface area contributed by atoms with Crippen LogP contribution in [0.2, 0.25) is 0 Å². The molecule has 1 aliphatic heterocycles. The summed E-state index contributed by atoms with van der Waals surface area (Å²) in [7, 11) is 1.88. The Hall–Kier alpha value is -3.15. The van der Waals surface area contributed by atoms with Crippen LogP contribution in [0.1, 0.15) is 34.5 Å². The normalized spacial score (nSPS) is 14.7. The Morgan fingerprint density at radius 3 is 2.43 bits per heavy atom. The first kappa shape index (κ1) is 20.1. The molecule has 1 aromatic heterocycles. The summed E-state index contributed by atoms with van der Waals surface area (Å²) in [5.74, 6) is -0.200. The molecule has 0 N–H and O–H groups in total. The molecule has 1 aliphatic rings. The number of aromatic nitrogens is 2. The molecule has 1 fully saturated rings. The van der Waals surface area contributed by atoms with Crippen LogP contribution in [0.15, 0.2) is 60.8 Å². The number of carbonyl (C=O) groups excluding carboxylic acids is 1. The fraction of sp³-hybridized carbons (Fsp3) is 0.333. The SMILES string of the molecule is Cc1c(C(=O)N(C)C2CCN(c3ccc(F)cc3)CC2)cnn1Cc1ccccc1. The van der Waals surface area contributed by atoms with Crippen molar-refractivity contribution in [1.29, 1.82) is 0 Å². The Morgan fingerprint density at radius 2 is 1.77 bits per heavy atom. The summed E-state index contributed by atoms with van der Waals surface area (Å²) in [5, 5.41) is 4.45. The topological polar surface area (TPSA) is 41.4 Å². The largest absolute Gasteiger partial charge is 0.371 e. The maximum absolute atomic E-state index is 13.2. The van der Waals surface area contributed by atoms with Crippen molar-refractivity contribution in [1.82, 2.24) is 14.7 Å². The minimum absolute atomic E-state index is 0.0204. The molecule has 6 heteroatoms. The van der Waals surface area contributed by atoms with Crippen molar-refractivity contribution in [3.05, 3.63) is 83.4 Å². The quantitative estimate of drug-likeness (QED) is 0.640. The van der Waals surface area contributed by atoms with Crippen molar-refractivity contribution < 1.29 is 9.18 Å². The van der Waals surface area contributed by atoms with Crippen molar-refractivity contribution in [2.45, 2.75) is 32.4 Å². The monoisotopic (exact) mass is 406 g/mol. The molecule has 0 spiro atoms. The number of rotatable bonds is 5. The molecule has 156 valence electrons. The van der Waals surface area contributed by atoms with E-state index in [1.54, 1.807) is 6.20 Å². The van der Waals surface area contributed by atoms with E-state index in [0.29, 0.717) is 12.1 Å². The number of nitrogens with zero attached hydrogens (tertiary/aromatic N) is 4. The van der Waals surface area contributed by atoms with Gasteiger partial charge in [0.1, 0.15) is 5.82 Å². The molecule has 1 saturated heterocycles. The molecule has 0 atom stereocenters. The van der Waals surface area contributed by atoms with E-state index in [9.17, 15) is 9.18 Å². The fourth-order valence-electron chi connectivity index (χ4n) is 4.09. The summed E-state index contributed by atoms with van der Waals surface area (Å²) in [6.07, 6.45) is 3.46. The maximum Gasteiger partial charge on any atom is 0.257 e. The Balaban J connectivity index is 1.39. The van der Waals surface area contributed by atoms with Gasteiger partial charge in [0.25, 0.3) is 5.91 Å². The van der Waals surface area contributed by atoms with Gasteiger partial charge in [-0.05, 0) is 49.6 Å². The van der Waals surface area contributed by atoms with Crippen LogP contribution in [-0.4, -0.2) is 46.8 Å². The highest BCUT2D eigenvalue weighted by atomic mass is 19.1. The van der Waals surface area contributed by atoms with E-state index in [1.807, 2.05) is 53.9 Å². The van der Waals surface area contributed by atoms with Gasteiger partial charge in [0.05, 0.1) is 18.3 Å². The molecule has 0 saturated carbocycles. The summed E-state index contributed by atoms with van der Waals surface area (Å²) in [5.41, 5.74) is 3.74. The predicted octanol–water partition coefficient (Wildman–Crippen LogP) is 4.12. The third-order valence-electron chi connectivity index (χ3n) is 6.03. The maximum atomic E-state index is 13.2. The Kier molecular flexibility index (Phi) is 5.84. The van der Waals surface area contributed by atoms with E-state index in [2.05, 4.69) is 22.1 Å². The van der Waals surface area contributed by atoms with Gasteiger partial charge >= 0.3 is 0 Å². The van der Waals surface area contributed by atoms with Crippen LogP contribution in [0, 0.1) is 12.7 Å². The van der Waals surface area contributed by atoms with Crippen LogP contribution < -0.4 is 4.90 Å². The lowest BCUT2D eigenvalue weighted by molar-refractivity contribution is 0.0708. The first-order chi connectivity index (χ1) is 14.5. The molecule has 0 radical (unpaired) electrons. The first-order valence-corrected chi connectivity index (χ1v) is 10.4. The number of benzene rings is 2. The van der Waals surface area contributed by atoms with Crippen LogP contribution in [0.25, 0.3) is 0 Å². The minimum atomic E-state index is -0.220. The van der Waals surface area contributed by atoms with Gasteiger partial charge in [-0.2, -0.15) is 5.10 Å². The lowest BCUT2D eigenvalue weighted by Crippen LogP contribution is -2.45. The van der Waals surface area contributed by atoms with E-state index in [-0.39, 0.29) is 17.8 Å². The van der Waals surface area contributed by atoms with Gasteiger partial charge < -0.3 is 9.80 Å². The molecule has 0 unspecified atom stereocenters. The van der Waals surface area contributed by atoms with Crippen molar-refractivity contribution in [3.8, 4) is 0 Å². The second-order valence-electron chi connectivity index (χ2n) is 7.90. The van der Waals surface area contributed by atoms with Gasteiger partial charge in [-0.25, -0.2) is 4.39 Å². The molecular formula is C24H27FN4O. The van der Waals surface area contributed by atoms with Crippen molar-refractivity contribution in [2.24, 2.45) is 0 Å². The molecule has 0 bridgehead atoms. The fourth-order valence-corrected chi connectivity index (χ4v) is 4.09. The first-order valence-electron chi connectivity index (χ1n) is 10.4. The van der Waals surface area contributed by atoms with E-state index in [4.69, 9.17) is 0 Å². The van der Waals surface area contributed by atoms with Gasteiger partial charge in [-0.15, -0.1) is 0 Å². The van der Waals surface area contributed by atoms with Gasteiger partial charge in [0.15, 0.2) is 0 Å². The van der Waals surface area contributed by atoms with Crippen LogP contribution in [0.4, 0.5) is 10.1 Å². The smallest absolute Gasteiger partial charge is 0.257 e. The molecule has 1 amide bonds. The third-order valence-corrected chi connectivity index (χ3v) is 6.03. The number of hydrogen-bond donors (Lipinski definition) is 0. The van der Waals surface area contributed by atoms with Gasteiger partial charge in [-0.3, -0.25) is 9.48 Å². The summed E-state index contributed by atoms with van der Waals surface area (Å²) < 4.78 is 15.0. The van der Waals surface area contributed by atoms with E-state index in [0.717, 1.165) is 42.9 Å². The number of hydrogen-bond acceptors (Lipinski definition) is 3. The molecule has 5 nitrogen and oxygen atoms in total. The number of carbonyl (C=O) groups is 1. The van der Waals surface area contributed by atoms with E-state index < -0.39 is 0 Å². The molecule has 2 aromatic carbocycles. The average Bonchev–Trinajstić information content (AvgIpc) is 3.14. The van der Waals surface area contributed by atoms with Crippen molar-refractivity contribution in [3.63, 3.8) is 0 Å². The molecule has 4 rings (SSSR count). The van der Waals surface area contributed by atoms with Crippen LogP contribution in [-0.2, 0) is 6.54 Å². The number of halogens is 1. The summed E-state index contributed by atoms with van der Waals surface area (Å²) >= 11 is 0. The van der Waals surface area contributed by atoms with Crippen LogP contribution in [0.5, 0.6) is 0 Å². The van der Waals surface area contributed by atoms with Gasteiger partial charge in [0, 0.05) is 37.6 Å². The zero-order chi connectivity index (χ0) is 21.1. The molecule has 2 heterocycles. The zero-order valence-electron chi connectivity index (χ0n) is 17.5. The lowest BCUT2D eigenvalue weighted by Gasteiger charge is -2.37. The second kappa shape index (κ2) is 8.69. The van der Waals surface area contributed by atoms with Crippen LogP contribution in [0.3, 0.4) is 0 Å². The Labute approximate surface area is 176 Å². The van der Waals surface area contributed by atoms with Crippen molar-refractivity contribution >= 4 is 11.6 Å². The molecular weight excluding hydrogens is 379 g/mol. The Bertz CT molecular complexity index is 992. The minimum Gasteiger partial charge on any atom is -0.371 e. The average molecular weight is 407 g/mol. The number of amides is 1. The highest BCUT2D eigenvalue weighted by molar-refractivity contribution is 5.95. The summed E-state index contributed by atoms with van der Waals surface area (Å²) in [4.78, 5) is 17.2. The second-order valence-corrected chi connectivity index (χ2v) is 7.90. The van der Waals surface area contributed by atoms with E-state index in [1.165, 1.54) is 12.1 Å². The highest BCUT2D eigenvalue weighted by Crippen LogP contribution is 2.24. The van der Waals surface area contributed by atoms with Crippen molar-refractivity contribution in [2.75, 3.05) is 25.0 Å². The molecule has 3 aromatic rings. The van der Waals surface area contributed by atoms with Gasteiger partial charge in [-0.1, -0.05) is 30.3 Å². The van der Waals surface area contributed by atoms with Gasteiger partial charge in [0.2, 0.25) is 0 Å². The van der Waals surface area contributed by atoms with E-state index >= 15 is 0 Å². The number of piperidine rings is 1. The van der Waals surface area contributed by atoms with Crippen LogP contribution >= 0.6 is 0 Å². The summed E-state index contributed by atoms with van der Waals surface area (Å²) in [6.45, 7) is 4.30. The molecule has 30 heavy (non-hydrogen) atoms. The lowest BCUT2D eigenvalue weighted by atomic mass is 10.0. The molecule has 0 aliphatic carbocycles. The zero-order valence-corrected chi connectivity index (χ0v) is 17.5. The third kappa shape index (κ3) is 4.22. The predicted molar refractivity (Wildman–Crippen MR) is 116 cm³/mol. The highest BCUT2D eigenvalue weighted by Gasteiger charge is 2.28.